The molecule has 0 aliphatic heterocycles. The maximum absolute atomic E-state index is 10.5. The molecule has 1 saturated carbocycles. The number of carbonyl (C=O) groups is 1. The van der Waals surface area contributed by atoms with Crippen molar-refractivity contribution in [1.29, 1.82) is 0 Å². The van der Waals surface area contributed by atoms with Crippen LogP contribution in [0.4, 0.5) is 0 Å². The second kappa shape index (κ2) is 3.20. The summed E-state index contributed by atoms with van der Waals surface area (Å²) in [5, 5.41) is 8.66. The number of nitrogens with one attached hydrogen (secondary N) is 1. The first kappa shape index (κ1) is 8.29. The van der Waals surface area contributed by atoms with Crippen LogP contribution in [0.15, 0.2) is 6.20 Å². The highest BCUT2D eigenvalue weighted by molar-refractivity contribution is 5.85. The van der Waals surface area contributed by atoms with Crippen molar-refractivity contribution in [3.05, 3.63) is 17.7 Å². The highest BCUT2D eigenvalue weighted by atomic mass is 16.4. The third-order valence-electron chi connectivity index (χ3n) is 2.56. The van der Waals surface area contributed by atoms with Crippen LogP contribution in [0.2, 0.25) is 0 Å². The lowest BCUT2D eigenvalue weighted by Gasteiger charge is -2.02. The van der Waals surface area contributed by atoms with Crippen LogP contribution in [0.1, 0.15) is 47.9 Å². The monoisotopic (exact) mass is 180 g/mol. The third-order valence-corrected chi connectivity index (χ3v) is 2.56. The largest absolute Gasteiger partial charge is 0.476 e. The van der Waals surface area contributed by atoms with Crippen LogP contribution in [0.25, 0.3) is 0 Å². The van der Waals surface area contributed by atoms with E-state index in [9.17, 15) is 4.79 Å². The van der Waals surface area contributed by atoms with Crippen LogP contribution in [-0.2, 0) is 0 Å². The van der Waals surface area contributed by atoms with E-state index >= 15 is 0 Å². The smallest absolute Gasteiger partial charge is 0.356 e. The summed E-state index contributed by atoms with van der Waals surface area (Å²) in [6.07, 6.45) is 6.19. The predicted molar refractivity (Wildman–Crippen MR) is 46.8 cm³/mol. The topological polar surface area (TPSA) is 66.0 Å². The van der Waals surface area contributed by atoms with Crippen molar-refractivity contribution in [2.45, 2.75) is 31.6 Å². The molecule has 0 saturated heterocycles. The lowest BCUT2D eigenvalue weighted by Crippen LogP contribution is -1.98. The van der Waals surface area contributed by atoms with Crippen LogP contribution in [0.5, 0.6) is 0 Å². The van der Waals surface area contributed by atoms with Gasteiger partial charge >= 0.3 is 5.97 Å². The molecule has 1 aliphatic carbocycles. The number of hydrogen-bond acceptors (Lipinski definition) is 2. The Balaban J connectivity index is 2.16. The maximum atomic E-state index is 10.5. The number of imidazole rings is 1. The van der Waals surface area contributed by atoms with Gasteiger partial charge in [0.1, 0.15) is 5.82 Å². The summed E-state index contributed by atoms with van der Waals surface area (Å²) in [6.45, 7) is 0. The molecule has 4 nitrogen and oxygen atoms in total. The van der Waals surface area contributed by atoms with Crippen molar-refractivity contribution >= 4 is 5.97 Å². The number of hydrogen-bond donors (Lipinski definition) is 2. The Morgan fingerprint density at radius 1 is 1.54 bits per heavy atom. The van der Waals surface area contributed by atoms with E-state index in [0.29, 0.717) is 5.92 Å². The highest BCUT2D eigenvalue weighted by Gasteiger charge is 2.20. The average Bonchev–Trinajstić information content (AvgIpc) is 2.75. The Morgan fingerprint density at radius 2 is 2.23 bits per heavy atom. The van der Waals surface area contributed by atoms with E-state index in [1.54, 1.807) is 0 Å². The quantitative estimate of drug-likeness (QED) is 0.728. The first-order valence-electron chi connectivity index (χ1n) is 4.56. The van der Waals surface area contributed by atoms with E-state index in [4.69, 9.17) is 5.11 Å². The Labute approximate surface area is 76.0 Å². The maximum Gasteiger partial charge on any atom is 0.356 e. The highest BCUT2D eigenvalue weighted by Crippen LogP contribution is 2.32. The molecular formula is C9H12N2O2. The number of aromatic amines is 1. The van der Waals surface area contributed by atoms with Crippen molar-refractivity contribution in [2.75, 3.05) is 0 Å². The number of H-pyrrole nitrogens is 1. The molecule has 1 aromatic rings. The molecule has 0 aromatic carbocycles. The zero-order chi connectivity index (χ0) is 9.26. The molecule has 0 unspecified atom stereocenters. The number of aromatic carboxylic acids is 1. The summed E-state index contributed by atoms with van der Waals surface area (Å²) in [5.74, 6) is 0.337. The number of carboxylic acid groups (broad SMARTS) is 1. The SMILES string of the molecule is O=C(O)c1c[nH]c(C2CCCC2)n1. The van der Waals surface area contributed by atoms with Gasteiger partial charge in [0.25, 0.3) is 0 Å². The van der Waals surface area contributed by atoms with Gasteiger partial charge in [-0.25, -0.2) is 9.78 Å². The standard InChI is InChI=1S/C9H12N2O2/c12-9(13)7-5-10-8(11-7)6-3-1-2-4-6/h5-6H,1-4H2,(H,10,11)(H,12,13). The van der Waals surface area contributed by atoms with Crippen LogP contribution >= 0.6 is 0 Å². The van der Waals surface area contributed by atoms with Crippen LogP contribution < -0.4 is 0 Å². The Bertz CT molecular complexity index is 313. The number of aromatic nitrogens is 2. The van der Waals surface area contributed by atoms with E-state index in [0.717, 1.165) is 18.7 Å². The molecule has 0 atom stereocenters. The summed E-state index contributed by atoms with van der Waals surface area (Å²) in [4.78, 5) is 17.5. The molecule has 70 valence electrons. The Kier molecular flexibility index (Phi) is 2.04. The van der Waals surface area contributed by atoms with Crippen molar-refractivity contribution in [2.24, 2.45) is 0 Å². The molecule has 2 rings (SSSR count). The number of rotatable bonds is 2. The molecule has 1 aromatic heterocycles. The molecule has 1 heterocycles. The second-order valence-corrected chi connectivity index (χ2v) is 3.46. The van der Waals surface area contributed by atoms with Gasteiger partial charge in [0, 0.05) is 12.1 Å². The van der Waals surface area contributed by atoms with Gasteiger partial charge in [0.2, 0.25) is 0 Å². The molecule has 0 amide bonds. The van der Waals surface area contributed by atoms with Crippen LogP contribution in [0.3, 0.4) is 0 Å². The van der Waals surface area contributed by atoms with E-state index in [1.807, 2.05) is 0 Å². The molecule has 0 radical (unpaired) electrons. The Morgan fingerprint density at radius 3 is 2.77 bits per heavy atom. The first-order chi connectivity index (χ1) is 6.27. The molecular weight excluding hydrogens is 168 g/mol. The van der Waals surface area contributed by atoms with Crippen LogP contribution in [0, 0.1) is 0 Å². The van der Waals surface area contributed by atoms with E-state index in [-0.39, 0.29) is 5.69 Å². The van der Waals surface area contributed by atoms with Gasteiger partial charge in [-0.05, 0) is 12.8 Å². The second-order valence-electron chi connectivity index (χ2n) is 3.46. The van der Waals surface area contributed by atoms with E-state index in [1.165, 1.54) is 19.0 Å². The van der Waals surface area contributed by atoms with E-state index < -0.39 is 5.97 Å². The Hall–Kier alpha value is -1.32. The molecule has 4 heteroatoms. The van der Waals surface area contributed by atoms with Gasteiger partial charge in [-0.2, -0.15) is 0 Å². The van der Waals surface area contributed by atoms with Gasteiger partial charge in [0.05, 0.1) is 0 Å². The summed E-state index contributed by atoms with van der Waals surface area (Å²) in [6, 6.07) is 0. The lowest BCUT2D eigenvalue weighted by atomic mass is 10.1. The van der Waals surface area contributed by atoms with Gasteiger partial charge in [-0.3, -0.25) is 0 Å². The first-order valence-corrected chi connectivity index (χ1v) is 4.56. The fourth-order valence-electron chi connectivity index (χ4n) is 1.85. The molecule has 0 bridgehead atoms. The summed E-state index contributed by atoms with van der Waals surface area (Å²) < 4.78 is 0. The fourth-order valence-corrected chi connectivity index (χ4v) is 1.85. The van der Waals surface area contributed by atoms with Crippen molar-refractivity contribution in [3.8, 4) is 0 Å². The molecule has 0 spiro atoms. The minimum atomic E-state index is -0.958. The molecule has 13 heavy (non-hydrogen) atoms. The zero-order valence-corrected chi connectivity index (χ0v) is 7.29. The predicted octanol–water partition coefficient (Wildman–Crippen LogP) is 1.77. The van der Waals surface area contributed by atoms with Crippen molar-refractivity contribution in [1.82, 2.24) is 9.97 Å². The number of carboxylic acids is 1. The lowest BCUT2D eigenvalue weighted by molar-refractivity contribution is 0.0691. The molecule has 1 aliphatic rings. The number of nitrogens with zero attached hydrogens (tertiary/aromatic N) is 1. The minimum absolute atomic E-state index is 0.127. The summed E-state index contributed by atoms with van der Waals surface area (Å²) >= 11 is 0. The summed E-state index contributed by atoms with van der Waals surface area (Å²) in [7, 11) is 0. The molecule has 1 fully saturated rings. The van der Waals surface area contributed by atoms with E-state index in [2.05, 4.69) is 9.97 Å². The van der Waals surface area contributed by atoms with Crippen LogP contribution in [-0.4, -0.2) is 21.0 Å². The van der Waals surface area contributed by atoms with Gasteiger partial charge in [-0.15, -0.1) is 0 Å². The van der Waals surface area contributed by atoms with Crippen molar-refractivity contribution < 1.29 is 9.90 Å². The average molecular weight is 180 g/mol. The zero-order valence-electron chi connectivity index (χ0n) is 7.29. The normalized spacial score (nSPS) is 17.8. The van der Waals surface area contributed by atoms with Gasteiger partial charge < -0.3 is 10.1 Å². The van der Waals surface area contributed by atoms with Gasteiger partial charge in [0.15, 0.2) is 5.69 Å². The van der Waals surface area contributed by atoms with Gasteiger partial charge in [-0.1, -0.05) is 12.8 Å². The minimum Gasteiger partial charge on any atom is -0.476 e. The van der Waals surface area contributed by atoms with Crippen molar-refractivity contribution in [3.63, 3.8) is 0 Å². The third kappa shape index (κ3) is 1.56. The summed E-state index contributed by atoms with van der Waals surface area (Å²) in [5.41, 5.74) is 0.127. The fraction of sp³-hybridized carbons (Fsp3) is 0.556. The molecule has 2 N–H and O–H groups in total.